The quantitative estimate of drug-likeness (QED) is 0.487. The minimum atomic E-state index is -0.110. The predicted molar refractivity (Wildman–Crippen MR) is 78.7 cm³/mol. The summed E-state index contributed by atoms with van der Waals surface area (Å²) < 4.78 is 5.94. The van der Waals surface area contributed by atoms with E-state index in [1.54, 1.807) is 0 Å². The molecule has 1 saturated carbocycles. The van der Waals surface area contributed by atoms with Gasteiger partial charge in [0.15, 0.2) is 0 Å². The van der Waals surface area contributed by atoms with Gasteiger partial charge < -0.3 is 4.74 Å². The number of hydrazine groups is 1. The molecule has 0 heterocycles. The van der Waals surface area contributed by atoms with Crippen molar-refractivity contribution in [3.05, 3.63) is 35.9 Å². The summed E-state index contributed by atoms with van der Waals surface area (Å²) in [5, 5.41) is 0. The lowest BCUT2D eigenvalue weighted by molar-refractivity contribution is -0.0527. The minimum Gasteiger partial charge on any atom is -0.377 e. The fourth-order valence-electron chi connectivity index (χ4n) is 3.27. The van der Waals surface area contributed by atoms with Gasteiger partial charge >= 0.3 is 0 Å². The second kappa shape index (κ2) is 7.04. The third-order valence-corrected chi connectivity index (χ3v) is 4.48. The summed E-state index contributed by atoms with van der Waals surface area (Å²) in [5.74, 6) is 5.83. The van der Waals surface area contributed by atoms with Gasteiger partial charge in [0.25, 0.3) is 0 Å². The molecule has 2 rings (SSSR count). The summed E-state index contributed by atoms with van der Waals surface area (Å²) in [5.41, 5.74) is 4.22. The summed E-state index contributed by atoms with van der Waals surface area (Å²) in [6, 6.07) is 10.7. The molecule has 3 nitrogen and oxygen atoms in total. The molecule has 0 saturated heterocycles. The van der Waals surface area contributed by atoms with E-state index >= 15 is 0 Å². The van der Waals surface area contributed by atoms with Gasteiger partial charge in [0.1, 0.15) is 0 Å². The smallest absolute Gasteiger partial charge is 0.0847 e. The summed E-state index contributed by atoms with van der Waals surface area (Å²) >= 11 is 0. The van der Waals surface area contributed by atoms with Crippen LogP contribution in [0.2, 0.25) is 0 Å². The molecule has 0 aromatic heterocycles. The first-order valence-corrected chi connectivity index (χ1v) is 7.36. The molecule has 1 aromatic rings. The van der Waals surface area contributed by atoms with E-state index in [1.807, 2.05) is 13.2 Å². The Morgan fingerprint density at radius 2 is 1.79 bits per heavy atom. The van der Waals surface area contributed by atoms with Gasteiger partial charge in [0.2, 0.25) is 0 Å². The summed E-state index contributed by atoms with van der Waals surface area (Å²) in [6.45, 7) is 0. The molecule has 19 heavy (non-hydrogen) atoms. The van der Waals surface area contributed by atoms with E-state index in [1.165, 1.54) is 31.2 Å². The molecule has 1 unspecified atom stereocenters. The fraction of sp³-hybridized carbons (Fsp3) is 0.625. The van der Waals surface area contributed by atoms with Crippen molar-refractivity contribution >= 4 is 0 Å². The van der Waals surface area contributed by atoms with Crippen LogP contribution in [0, 0.1) is 0 Å². The van der Waals surface area contributed by atoms with Crippen molar-refractivity contribution in [2.75, 3.05) is 7.11 Å². The number of hydrogen-bond acceptors (Lipinski definition) is 3. The van der Waals surface area contributed by atoms with Gasteiger partial charge in [0, 0.05) is 7.11 Å². The Hall–Kier alpha value is -0.900. The highest BCUT2D eigenvalue weighted by Gasteiger charge is 2.38. The van der Waals surface area contributed by atoms with E-state index in [9.17, 15) is 0 Å². The Morgan fingerprint density at radius 1 is 1.16 bits per heavy atom. The first kappa shape index (κ1) is 14.5. The highest BCUT2D eigenvalue weighted by Crippen LogP contribution is 2.34. The van der Waals surface area contributed by atoms with Crippen molar-refractivity contribution in [1.82, 2.24) is 5.43 Å². The van der Waals surface area contributed by atoms with Gasteiger partial charge in [-0.05, 0) is 24.8 Å². The van der Waals surface area contributed by atoms with Crippen LogP contribution < -0.4 is 11.3 Å². The molecule has 1 aromatic carbocycles. The molecule has 3 N–H and O–H groups in total. The standard InChI is InChI=1S/C16H26N2O/c1-19-16(11-7-2-3-8-12-16)15(18-17)13-14-9-5-4-6-10-14/h4-6,9-10,15,18H,2-3,7-8,11-13,17H2,1H3. The lowest BCUT2D eigenvalue weighted by atomic mass is 9.83. The van der Waals surface area contributed by atoms with Gasteiger partial charge in [-0.3, -0.25) is 11.3 Å². The predicted octanol–water partition coefficient (Wildman–Crippen LogP) is 2.80. The number of nitrogens with one attached hydrogen (secondary N) is 1. The van der Waals surface area contributed by atoms with Gasteiger partial charge in [-0.15, -0.1) is 0 Å². The topological polar surface area (TPSA) is 47.3 Å². The number of nitrogens with two attached hydrogens (primary N) is 1. The van der Waals surface area contributed by atoms with Gasteiger partial charge in [-0.25, -0.2) is 0 Å². The second-order valence-corrected chi connectivity index (χ2v) is 5.59. The normalized spacial score (nSPS) is 20.7. The van der Waals surface area contributed by atoms with Crippen molar-refractivity contribution in [1.29, 1.82) is 0 Å². The van der Waals surface area contributed by atoms with Crippen LogP contribution in [0.25, 0.3) is 0 Å². The lowest BCUT2D eigenvalue weighted by Gasteiger charge is -2.39. The largest absolute Gasteiger partial charge is 0.377 e. The SMILES string of the molecule is COC1(C(Cc2ccccc2)NN)CCCCCC1. The van der Waals surface area contributed by atoms with Crippen molar-refractivity contribution in [2.24, 2.45) is 5.84 Å². The molecule has 0 spiro atoms. The molecule has 3 heteroatoms. The van der Waals surface area contributed by atoms with Gasteiger partial charge in [-0.1, -0.05) is 56.0 Å². The van der Waals surface area contributed by atoms with Crippen LogP contribution in [0.5, 0.6) is 0 Å². The molecule has 0 radical (unpaired) electrons. The van der Waals surface area contributed by atoms with Crippen molar-refractivity contribution in [3.63, 3.8) is 0 Å². The molecular formula is C16H26N2O. The van der Waals surface area contributed by atoms with Crippen LogP contribution in [0.4, 0.5) is 0 Å². The fourth-order valence-corrected chi connectivity index (χ4v) is 3.27. The number of benzene rings is 1. The molecule has 0 amide bonds. The Morgan fingerprint density at radius 3 is 2.32 bits per heavy atom. The lowest BCUT2D eigenvalue weighted by Crippen LogP contribution is -2.55. The zero-order chi connectivity index (χ0) is 13.6. The Bertz CT molecular complexity index is 358. The molecule has 1 fully saturated rings. The van der Waals surface area contributed by atoms with Crippen molar-refractivity contribution < 1.29 is 4.74 Å². The zero-order valence-electron chi connectivity index (χ0n) is 11.9. The third kappa shape index (κ3) is 3.56. The van der Waals surface area contributed by atoms with E-state index in [2.05, 4.69) is 29.7 Å². The van der Waals surface area contributed by atoms with Crippen LogP contribution in [0.1, 0.15) is 44.1 Å². The summed E-state index contributed by atoms with van der Waals surface area (Å²) in [7, 11) is 1.83. The van der Waals surface area contributed by atoms with E-state index in [4.69, 9.17) is 10.6 Å². The van der Waals surface area contributed by atoms with Gasteiger partial charge in [-0.2, -0.15) is 0 Å². The van der Waals surface area contributed by atoms with E-state index in [0.29, 0.717) is 0 Å². The monoisotopic (exact) mass is 262 g/mol. The van der Waals surface area contributed by atoms with Crippen molar-refractivity contribution in [2.45, 2.75) is 56.6 Å². The van der Waals surface area contributed by atoms with Crippen LogP contribution in [0.3, 0.4) is 0 Å². The summed E-state index contributed by atoms with van der Waals surface area (Å²) in [4.78, 5) is 0. The first-order chi connectivity index (χ1) is 9.30. The second-order valence-electron chi connectivity index (χ2n) is 5.59. The van der Waals surface area contributed by atoms with Crippen molar-refractivity contribution in [3.8, 4) is 0 Å². The van der Waals surface area contributed by atoms with Crippen LogP contribution in [-0.2, 0) is 11.2 Å². The van der Waals surface area contributed by atoms with Crippen LogP contribution >= 0.6 is 0 Å². The van der Waals surface area contributed by atoms with E-state index < -0.39 is 0 Å². The first-order valence-electron chi connectivity index (χ1n) is 7.36. The van der Waals surface area contributed by atoms with Gasteiger partial charge in [0.05, 0.1) is 11.6 Å². The Labute approximate surface area is 116 Å². The molecular weight excluding hydrogens is 236 g/mol. The highest BCUT2D eigenvalue weighted by molar-refractivity contribution is 5.17. The molecule has 1 aliphatic rings. The summed E-state index contributed by atoms with van der Waals surface area (Å²) in [6.07, 6.45) is 8.23. The van der Waals surface area contributed by atoms with Crippen LogP contribution in [-0.4, -0.2) is 18.8 Å². The average molecular weight is 262 g/mol. The average Bonchev–Trinajstić information content (AvgIpc) is 2.72. The third-order valence-electron chi connectivity index (χ3n) is 4.48. The Kier molecular flexibility index (Phi) is 5.37. The number of hydrogen-bond donors (Lipinski definition) is 2. The number of ether oxygens (including phenoxy) is 1. The van der Waals surface area contributed by atoms with Crippen LogP contribution in [0.15, 0.2) is 30.3 Å². The maximum atomic E-state index is 5.94. The number of methoxy groups -OCH3 is 1. The zero-order valence-corrected chi connectivity index (χ0v) is 11.9. The van der Waals surface area contributed by atoms with E-state index in [0.717, 1.165) is 19.3 Å². The van der Waals surface area contributed by atoms with E-state index in [-0.39, 0.29) is 11.6 Å². The maximum absolute atomic E-state index is 5.94. The molecule has 1 aliphatic carbocycles. The molecule has 0 bridgehead atoms. The Balaban J connectivity index is 2.13. The molecule has 1 atom stereocenters. The maximum Gasteiger partial charge on any atom is 0.0847 e. The highest BCUT2D eigenvalue weighted by atomic mass is 16.5. The molecule has 106 valence electrons. The number of rotatable bonds is 5. The minimum absolute atomic E-state index is 0.110. The molecule has 0 aliphatic heterocycles.